The van der Waals surface area contributed by atoms with E-state index < -0.39 is 6.61 Å². The van der Waals surface area contributed by atoms with E-state index in [2.05, 4.69) is 21.9 Å². The van der Waals surface area contributed by atoms with Gasteiger partial charge in [0.15, 0.2) is 0 Å². The fraction of sp³-hybridized carbons (Fsp3) is 0.625. The molecule has 1 aliphatic rings. The molecule has 0 saturated carbocycles. The van der Waals surface area contributed by atoms with Crippen molar-refractivity contribution in [1.29, 1.82) is 0 Å². The van der Waals surface area contributed by atoms with E-state index in [1.165, 1.54) is 19.3 Å². The molecule has 5 heteroatoms. The Labute approximate surface area is 125 Å². The van der Waals surface area contributed by atoms with Crippen molar-refractivity contribution in [3.8, 4) is 5.75 Å². The lowest BCUT2D eigenvalue weighted by molar-refractivity contribution is -0.0498. The van der Waals surface area contributed by atoms with Gasteiger partial charge in [0.2, 0.25) is 0 Å². The number of hydrogen-bond acceptors (Lipinski definition) is 3. The molecular weight excluding hydrogens is 274 g/mol. The first-order valence-corrected chi connectivity index (χ1v) is 7.57. The van der Waals surface area contributed by atoms with Gasteiger partial charge in [-0.1, -0.05) is 18.6 Å². The Morgan fingerprint density at radius 1 is 1.29 bits per heavy atom. The van der Waals surface area contributed by atoms with Crippen LogP contribution in [0.1, 0.15) is 37.8 Å². The minimum absolute atomic E-state index is 0.214. The number of ether oxygens (including phenoxy) is 1. The summed E-state index contributed by atoms with van der Waals surface area (Å²) in [5.41, 5.74) is 1.14. The highest BCUT2D eigenvalue weighted by Gasteiger charge is 2.26. The lowest BCUT2D eigenvalue weighted by Crippen LogP contribution is -2.45. The minimum Gasteiger partial charge on any atom is -0.435 e. The van der Waals surface area contributed by atoms with Crippen LogP contribution in [0.15, 0.2) is 24.3 Å². The van der Waals surface area contributed by atoms with Crippen LogP contribution < -0.4 is 10.1 Å². The van der Waals surface area contributed by atoms with Crippen LogP contribution in [0.5, 0.6) is 5.75 Å². The highest BCUT2D eigenvalue weighted by atomic mass is 19.3. The number of hydrogen-bond donors (Lipinski definition) is 1. The second-order valence-corrected chi connectivity index (χ2v) is 5.57. The normalized spacial score (nSPS) is 21.5. The fourth-order valence-electron chi connectivity index (χ4n) is 3.11. The summed E-state index contributed by atoms with van der Waals surface area (Å²) in [5, 5.41) is 3.26. The van der Waals surface area contributed by atoms with E-state index >= 15 is 0 Å². The molecule has 1 heterocycles. The molecule has 2 rings (SSSR count). The van der Waals surface area contributed by atoms with E-state index in [0.29, 0.717) is 6.04 Å². The number of likely N-dealkylation sites (tertiary alicyclic amines) is 1. The molecule has 2 unspecified atom stereocenters. The number of alkyl halides is 2. The molecule has 1 N–H and O–H groups in total. The maximum absolute atomic E-state index is 12.2. The molecule has 1 aromatic rings. The Hall–Kier alpha value is -1.20. The topological polar surface area (TPSA) is 24.5 Å². The Balaban J connectivity index is 2.05. The number of halogens is 2. The molecule has 21 heavy (non-hydrogen) atoms. The summed E-state index contributed by atoms with van der Waals surface area (Å²) in [6.45, 7) is 1.48. The van der Waals surface area contributed by atoms with E-state index in [1.54, 1.807) is 12.1 Å². The van der Waals surface area contributed by atoms with Gasteiger partial charge in [0.1, 0.15) is 5.75 Å². The van der Waals surface area contributed by atoms with Gasteiger partial charge in [0, 0.05) is 18.6 Å². The maximum Gasteiger partial charge on any atom is 0.387 e. The quantitative estimate of drug-likeness (QED) is 0.871. The molecule has 1 fully saturated rings. The van der Waals surface area contributed by atoms with Crippen molar-refractivity contribution < 1.29 is 13.5 Å². The van der Waals surface area contributed by atoms with E-state index in [9.17, 15) is 8.78 Å². The number of benzene rings is 1. The smallest absolute Gasteiger partial charge is 0.387 e. The largest absolute Gasteiger partial charge is 0.435 e. The summed E-state index contributed by atoms with van der Waals surface area (Å²) in [6.07, 6.45) is 3.70. The average Bonchev–Trinajstić information content (AvgIpc) is 2.48. The van der Waals surface area contributed by atoms with Crippen molar-refractivity contribution in [2.45, 2.75) is 44.9 Å². The van der Waals surface area contributed by atoms with Crippen LogP contribution in [-0.2, 0) is 0 Å². The third kappa shape index (κ3) is 4.38. The van der Waals surface area contributed by atoms with Crippen LogP contribution in [-0.4, -0.2) is 37.7 Å². The van der Waals surface area contributed by atoms with Gasteiger partial charge in [-0.25, -0.2) is 0 Å². The van der Waals surface area contributed by atoms with Crippen LogP contribution in [0.4, 0.5) is 8.78 Å². The predicted molar refractivity (Wildman–Crippen MR) is 79.8 cm³/mol. The van der Waals surface area contributed by atoms with Crippen LogP contribution in [0.25, 0.3) is 0 Å². The molecule has 0 amide bonds. The highest BCUT2D eigenvalue weighted by molar-refractivity contribution is 5.29. The summed E-state index contributed by atoms with van der Waals surface area (Å²) < 4.78 is 28.7. The highest BCUT2D eigenvalue weighted by Crippen LogP contribution is 2.29. The first-order valence-electron chi connectivity index (χ1n) is 7.57. The van der Waals surface area contributed by atoms with Crippen molar-refractivity contribution in [2.24, 2.45) is 0 Å². The van der Waals surface area contributed by atoms with E-state index in [0.717, 1.165) is 18.7 Å². The Kier molecular flexibility index (Phi) is 5.94. The van der Waals surface area contributed by atoms with E-state index in [1.807, 2.05) is 19.2 Å². The van der Waals surface area contributed by atoms with Gasteiger partial charge in [0.05, 0.1) is 0 Å². The molecule has 1 saturated heterocycles. The molecule has 0 aliphatic carbocycles. The number of rotatable bonds is 6. The lowest BCUT2D eigenvalue weighted by Gasteiger charge is -2.40. The average molecular weight is 298 g/mol. The third-order valence-corrected chi connectivity index (χ3v) is 4.20. The Bertz CT molecular complexity index is 423. The first kappa shape index (κ1) is 16.2. The summed E-state index contributed by atoms with van der Waals surface area (Å²) in [7, 11) is 1.98. The summed E-state index contributed by atoms with van der Waals surface area (Å²) in [6, 6.07) is 7.82. The summed E-state index contributed by atoms with van der Waals surface area (Å²) >= 11 is 0. The standard InChI is InChI=1S/C16H24F2N2O/c1-12(20-10-4-3-5-14(20)11-19-2)13-6-8-15(9-7-13)21-16(17)18/h6-9,12,14,16,19H,3-5,10-11H2,1-2H3. The molecule has 3 nitrogen and oxygen atoms in total. The van der Waals surface area contributed by atoms with Crippen LogP contribution in [0, 0.1) is 0 Å². The number of piperidine rings is 1. The fourth-order valence-corrected chi connectivity index (χ4v) is 3.11. The number of nitrogens with one attached hydrogen (secondary N) is 1. The SMILES string of the molecule is CNCC1CCCCN1C(C)c1ccc(OC(F)F)cc1. The summed E-state index contributed by atoms with van der Waals surface area (Å²) in [5.74, 6) is 0.214. The second-order valence-electron chi connectivity index (χ2n) is 5.57. The molecule has 0 bridgehead atoms. The molecular formula is C16H24F2N2O. The zero-order chi connectivity index (χ0) is 15.2. The molecule has 0 spiro atoms. The van der Waals surface area contributed by atoms with Gasteiger partial charge >= 0.3 is 6.61 Å². The zero-order valence-corrected chi connectivity index (χ0v) is 12.7. The third-order valence-electron chi connectivity index (χ3n) is 4.20. The van der Waals surface area contributed by atoms with Crippen molar-refractivity contribution >= 4 is 0 Å². The Morgan fingerprint density at radius 2 is 2.00 bits per heavy atom. The van der Waals surface area contributed by atoms with Crippen molar-refractivity contribution in [1.82, 2.24) is 10.2 Å². The predicted octanol–water partition coefficient (Wildman–Crippen LogP) is 3.42. The van der Waals surface area contributed by atoms with E-state index in [-0.39, 0.29) is 11.8 Å². The van der Waals surface area contributed by atoms with E-state index in [4.69, 9.17) is 0 Å². The molecule has 1 aliphatic heterocycles. The van der Waals surface area contributed by atoms with Gasteiger partial charge in [-0.05, 0) is 51.1 Å². The van der Waals surface area contributed by atoms with Gasteiger partial charge in [-0.2, -0.15) is 8.78 Å². The molecule has 0 aromatic heterocycles. The van der Waals surface area contributed by atoms with Gasteiger partial charge in [0.25, 0.3) is 0 Å². The summed E-state index contributed by atoms with van der Waals surface area (Å²) in [4.78, 5) is 2.50. The molecule has 0 radical (unpaired) electrons. The second kappa shape index (κ2) is 7.71. The van der Waals surface area contributed by atoms with Gasteiger partial charge in [-0.15, -0.1) is 0 Å². The van der Waals surface area contributed by atoms with Gasteiger partial charge < -0.3 is 10.1 Å². The van der Waals surface area contributed by atoms with Crippen LogP contribution in [0.3, 0.4) is 0 Å². The monoisotopic (exact) mass is 298 g/mol. The van der Waals surface area contributed by atoms with Crippen molar-refractivity contribution in [3.63, 3.8) is 0 Å². The Morgan fingerprint density at radius 3 is 2.62 bits per heavy atom. The minimum atomic E-state index is -2.77. The molecule has 118 valence electrons. The molecule has 1 aromatic carbocycles. The molecule has 2 atom stereocenters. The van der Waals surface area contributed by atoms with Crippen LogP contribution in [0.2, 0.25) is 0 Å². The number of nitrogens with zero attached hydrogens (tertiary/aromatic N) is 1. The van der Waals surface area contributed by atoms with Crippen molar-refractivity contribution in [2.75, 3.05) is 20.1 Å². The number of likely N-dealkylation sites (N-methyl/N-ethyl adjacent to an activating group) is 1. The lowest BCUT2D eigenvalue weighted by atomic mass is 9.97. The van der Waals surface area contributed by atoms with Crippen LogP contribution >= 0.6 is 0 Å². The van der Waals surface area contributed by atoms with Gasteiger partial charge in [-0.3, -0.25) is 4.90 Å². The maximum atomic E-state index is 12.2. The zero-order valence-electron chi connectivity index (χ0n) is 12.7. The first-order chi connectivity index (χ1) is 10.1. The van der Waals surface area contributed by atoms with Crippen molar-refractivity contribution in [3.05, 3.63) is 29.8 Å².